The molecule has 158 valence electrons. The highest BCUT2D eigenvalue weighted by Gasteiger charge is 2.43. The first kappa shape index (κ1) is 24.2. The van der Waals surface area contributed by atoms with E-state index in [1.807, 2.05) is 18.2 Å². The minimum Gasteiger partial charge on any atom is -0.467 e. The molecule has 5 nitrogen and oxygen atoms in total. The van der Waals surface area contributed by atoms with Gasteiger partial charge < -0.3 is 14.8 Å². The molecular formula is C22H37NO4Si. The normalized spacial score (nSPS) is 13.5. The van der Waals surface area contributed by atoms with E-state index >= 15 is 0 Å². The standard InChI is InChI=1S/C22H37NO4Si/c1-6-8-9-10-14-17-19(28(4,5)18-15-12-11-13-16-18)20(21(24)26-3)23-22(25)27-7-2/h11-13,15-16,19-20H,6-10,14,17H2,1-5H3,(H,23,25)/t19-,20+/m0/s1. The number of esters is 1. The van der Waals surface area contributed by atoms with Gasteiger partial charge in [0.25, 0.3) is 0 Å². The van der Waals surface area contributed by atoms with E-state index in [4.69, 9.17) is 9.47 Å². The molecule has 2 atom stereocenters. The Labute approximate surface area is 171 Å². The quantitative estimate of drug-likeness (QED) is 0.312. The zero-order chi connectivity index (χ0) is 21.0. The molecule has 0 radical (unpaired) electrons. The summed E-state index contributed by atoms with van der Waals surface area (Å²) in [5.74, 6) is -0.400. The fourth-order valence-electron chi connectivity index (χ4n) is 3.74. The molecule has 0 aromatic heterocycles. The third kappa shape index (κ3) is 7.30. The van der Waals surface area contributed by atoms with Gasteiger partial charge in [0.15, 0.2) is 0 Å². The summed E-state index contributed by atoms with van der Waals surface area (Å²) in [6.07, 6.45) is 6.11. The number of carbonyl (C=O) groups is 2. The summed E-state index contributed by atoms with van der Waals surface area (Å²) in [5, 5.41) is 4.07. The minimum absolute atomic E-state index is 0.0217. The smallest absolute Gasteiger partial charge is 0.407 e. The predicted octanol–water partition coefficient (Wildman–Crippen LogP) is 4.62. The molecule has 0 aliphatic carbocycles. The number of benzene rings is 1. The number of rotatable bonds is 12. The Balaban J connectivity index is 3.12. The van der Waals surface area contributed by atoms with Crippen molar-refractivity contribution in [2.75, 3.05) is 13.7 Å². The summed E-state index contributed by atoms with van der Waals surface area (Å²) in [6, 6.07) is 9.65. The fourth-order valence-corrected chi connectivity index (χ4v) is 7.20. The maximum absolute atomic E-state index is 12.6. The number of hydrogen-bond acceptors (Lipinski definition) is 4. The van der Waals surface area contributed by atoms with Gasteiger partial charge in [-0.15, -0.1) is 0 Å². The van der Waals surface area contributed by atoms with Crippen LogP contribution in [0.2, 0.25) is 18.6 Å². The van der Waals surface area contributed by atoms with Crippen LogP contribution in [0.4, 0.5) is 4.79 Å². The first-order valence-corrected chi connectivity index (χ1v) is 13.5. The number of unbranched alkanes of at least 4 members (excludes halogenated alkanes) is 4. The summed E-state index contributed by atoms with van der Waals surface area (Å²) in [4.78, 5) is 24.8. The Hall–Kier alpha value is -1.82. The molecule has 1 rings (SSSR count). The molecule has 0 aliphatic heterocycles. The molecule has 1 N–H and O–H groups in total. The molecule has 0 heterocycles. The lowest BCUT2D eigenvalue weighted by molar-refractivity contribution is -0.143. The van der Waals surface area contributed by atoms with Crippen LogP contribution in [-0.4, -0.2) is 39.9 Å². The van der Waals surface area contributed by atoms with Gasteiger partial charge in [-0.2, -0.15) is 0 Å². The van der Waals surface area contributed by atoms with Crippen molar-refractivity contribution in [1.82, 2.24) is 5.32 Å². The van der Waals surface area contributed by atoms with Gasteiger partial charge in [0, 0.05) is 0 Å². The number of amides is 1. The van der Waals surface area contributed by atoms with Gasteiger partial charge in [0.1, 0.15) is 6.04 Å². The van der Waals surface area contributed by atoms with Gasteiger partial charge >= 0.3 is 12.1 Å². The molecule has 28 heavy (non-hydrogen) atoms. The van der Waals surface area contributed by atoms with E-state index in [1.54, 1.807) is 6.92 Å². The Bertz CT molecular complexity index is 591. The van der Waals surface area contributed by atoms with E-state index in [0.29, 0.717) is 0 Å². The monoisotopic (exact) mass is 407 g/mol. The van der Waals surface area contributed by atoms with Gasteiger partial charge in [-0.3, -0.25) is 0 Å². The lowest BCUT2D eigenvalue weighted by atomic mass is 10.0. The van der Waals surface area contributed by atoms with Crippen LogP contribution >= 0.6 is 0 Å². The average molecular weight is 408 g/mol. The van der Waals surface area contributed by atoms with Crippen LogP contribution in [0.1, 0.15) is 52.4 Å². The average Bonchev–Trinajstić information content (AvgIpc) is 2.69. The van der Waals surface area contributed by atoms with Gasteiger partial charge in [0.2, 0.25) is 0 Å². The summed E-state index contributed by atoms with van der Waals surface area (Å²) < 4.78 is 10.1. The number of methoxy groups -OCH3 is 1. The predicted molar refractivity (Wildman–Crippen MR) is 117 cm³/mol. The number of alkyl carbamates (subject to hydrolysis) is 1. The first-order valence-electron chi connectivity index (χ1n) is 10.4. The number of carbonyl (C=O) groups excluding carboxylic acids is 2. The summed E-state index contributed by atoms with van der Waals surface area (Å²) >= 11 is 0. The van der Waals surface area contributed by atoms with Crippen molar-refractivity contribution < 1.29 is 19.1 Å². The van der Waals surface area contributed by atoms with Crippen LogP contribution < -0.4 is 10.5 Å². The van der Waals surface area contributed by atoms with E-state index in [0.717, 1.165) is 19.3 Å². The molecule has 0 bridgehead atoms. The van der Waals surface area contributed by atoms with Crippen LogP contribution in [-0.2, 0) is 14.3 Å². The fraction of sp³-hybridized carbons (Fsp3) is 0.636. The number of hydrogen-bond donors (Lipinski definition) is 1. The molecule has 0 fully saturated rings. The maximum Gasteiger partial charge on any atom is 0.407 e. The Morgan fingerprint density at radius 1 is 1.04 bits per heavy atom. The van der Waals surface area contributed by atoms with E-state index in [2.05, 4.69) is 37.5 Å². The molecular weight excluding hydrogens is 370 g/mol. The molecule has 0 spiro atoms. The highest BCUT2D eigenvalue weighted by atomic mass is 28.3. The second-order valence-electron chi connectivity index (χ2n) is 7.76. The topological polar surface area (TPSA) is 64.6 Å². The van der Waals surface area contributed by atoms with Gasteiger partial charge in [0.05, 0.1) is 21.8 Å². The Morgan fingerprint density at radius 3 is 2.25 bits per heavy atom. The van der Waals surface area contributed by atoms with E-state index in [1.165, 1.54) is 31.6 Å². The molecule has 6 heteroatoms. The van der Waals surface area contributed by atoms with E-state index in [-0.39, 0.29) is 12.1 Å². The van der Waals surface area contributed by atoms with Crippen molar-refractivity contribution in [3.8, 4) is 0 Å². The molecule has 1 aromatic carbocycles. The van der Waals surface area contributed by atoms with E-state index in [9.17, 15) is 9.59 Å². The number of ether oxygens (including phenoxy) is 2. The van der Waals surface area contributed by atoms with E-state index < -0.39 is 26.2 Å². The zero-order valence-corrected chi connectivity index (χ0v) is 19.1. The van der Waals surface area contributed by atoms with Gasteiger partial charge in [-0.25, -0.2) is 9.59 Å². The molecule has 0 saturated heterocycles. The Morgan fingerprint density at radius 2 is 1.68 bits per heavy atom. The number of nitrogens with one attached hydrogen (secondary N) is 1. The summed E-state index contributed by atoms with van der Waals surface area (Å²) in [6.45, 7) is 8.75. The van der Waals surface area contributed by atoms with Crippen LogP contribution in [0.3, 0.4) is 0 Å². The second-order valence-corrected chi connectivity index (χ2v) is 12.5. The van der Waals surface area contributed by atoms with Crippen LogP contribution in [0.25, 0.3) is 0 Å². The molecule has 0 aliphatic rings. The lowest BCUT2D eigenvalue weighted by Gasteiger charge is -2.37. The molecule has 0 saturated carbocycles. The largest absolute Gasteiger partial charge is 0.467 e. The molecule has 0 unspecified atom stereocenters. The van der Waals surface area contributed by atoms with Crippen LogP contribution in [0.15, 0.2) is 30.3 Å². The van der Waals surface area contributed by atoms with Crippen molar-refractivity contribution in [3.63, 3.8) is 0 Å². The summed E-state index contributed by atoms with van der Waals surface area (Å²) in [7, 11) is -0.708. The third-order valence-electron chi connectivity index (χ3n) is 5.47. The highest BCUT2D eigenvalue weighted by Crippen LogP contribution is 2.32. The van der Waals surface area contributed by atoms with Gasteiger partial charge in [-0.05, 0) is 18.9 Å². The van der Waals surface area contributed by atoms with Gasteiger partial charge in [-0.1, -0.05) is 87.6 Å². The first-order chi connectivity index (χ1) is 13.4. The molecule has 1 aromatic rings. The minimum atomic E-state index is -2.08. The third-order valence-corrected chi connectivity index (χ3v) is 9.77. The van der Waals surface area contributed by atoms with Crippen molar-refractivity contribution in [2.24, 2.45) is 0 Å². The van der Waals surface area contributed by atoms with Crippen LogP contribution in [0.5, 0.6) is 0 Å². The van der Waals surface area contributed by atoms with Crippen molar-refractivity contribution in [1.29, 1.82) is 0 Å². The SMILES string of the molecule is CCCCCCC[C@@H]([C@@H](NC(=O)OCC)C(=O)OC)[Si](C)(C)c1ccccc1. The highest BCUT2D eigenvalue weighted by molar-refractivity contribution is 6.91. The zero-order valence-electron chi connectivity index (χ0n) is 18.1. The maximum atomic E-state index is 12.6. The lowest BCUT2D eigenvalue weighted by Crippen LogP contribution is -2.57. The van der Waals surface area contributed by atoms with Crippen LogP contribution in [0, 0.1) is 0 Å². The Kier molecular flexibility index (Phi) is 10.9. The molecule has 1 amide bonds. The second kappa shape index (κ2) is 12.6. The van der Waals surface area contributed by atoms with Crippen molar-refractivity contribution >= 4 is 25.3 Å². The summed E-state index contributed by atoms with van der Waals surface area (Å²) in [5.41, 5.74) is 0.0217. The van der Waals surface area contributed by atoms with Crippen molar-refractivity contribution in [2.45, 2.75) is 77.0 Å². The van der Waals surface area contributed by atoms with Crippen molar-refractivity contribution in [3.05, 3.63) is 30.3 Å².